The van der Waals surface area contributed by atoms with Gasteiger partial charge in [-0.15, -0.1) is 5.10 Å². The highest BCUT2D eigenvalue weighted by Crippen LogP contribution is 2.32. The number of carbonyl (C=O) groups excluding carboxylic acids is 1. The molecule has 0 spiro atoms. The van der Waals surface area contributed by atoms with E-state index < -0.39 is 11.7 Å². The van der Waals surface area contributed by atoms with Crippen LogP contribution in [0, 0.1) is 25.6 Å². The first-order valence-electron chi connectivity index (χ1n) is 13.1. The van der Waals surface area contributed by atoms with E-state index in [-0.39, 0.29) is 28.8 Å². The smallest absolute Gasteiger partial charge is 0.350 e. The Labute approximate surface area is 215 Å². The molecule has 1 fully saturated rings. The van der Waals surface area contributed by atoms with Gasteiger partial charge in [0.05, 0.1) is 11.7 Å². The van der Waals surface area contributed by atoms with Crippen LogP contribution in [0.4, 0.5) is 10.2 Å². The van der Waals surface area contributed by atoms with Crippen LogP contribution < -0.4 is 15.7 Å². The number of anilines is 1. The van der Waals surface area contributed by atoms with Crippen molar-refractivity contribution in [3.8, 4) is 11.4 Å². The molecule has 1 unspecified atom stereocenters. The molecule has 9 nitrogen and oxygen atoms in total. The minimum atomic E-state index is -0.726. The average molecular weight is 509 g/mol. The molecule has 2 aliphatic rings. The Kier molecular flexibility index (Phi) is 7.08. The molecule has 37 heavy (non-hydrogen) atoms. The maximum Gasteiger partial charge on any atom is 0.350 e. The monoisotopic (exact) mass is 508 g/mol. The molecule has 3 heterocycles. The Morgan fingerprint density at radius 1 is 1.14 bits per heavy atom. The molecule has 10 heteroatoms. The number of halogens is 1. The Bertz CT molecular complexity index is 1380. The van der Waals surface area contributed by atoms with Gasteiger partial charge in [0, 0.05) is 30.3 Å². The summed E-state index contributed by atoms with van der Waals surface area (Å²) in [5, 5.41) is 7.18. The lowest BCUT2D eigenvalue weighted by molar-refractivity contribution is 0.0996. The van der Waals surface area contributed by atoms with E-state index in [1.165, 1.54) is 18.8 Å². The van der Waals surface area contributed by atoms with Crippen molar-refractivity contribution in [2.24, 2.45) is 5.92 Å². The van der Waals surface area contributed by atoms with Crippen LogP contribution in [-0.4, -0.2) is 36.3 Å². The Hall–Kier alpha value is -3.56. The van der Waals surface area contributed by atoms with Crippen molar-refractivity contribution in [1.82, 2.24) is 24.3 Å². The number of carbonyl (C=O) groups is 1. The summed E-state index contributed by atoms with van der Waals surface area (Å²) < 4.78 is 24.6. The van der Waals surface area contributed by atoms with Gasteiger partial charge in [0.1, 0.15) is 35.2 Å². The third kappa shape index (κ3) is 5.01. The molecule has 1 aromatic carbocycles. The van der Waals surface area contributed by atoms with Gasteiger partial charge in [0.25, 0.3) is 5.91 Å². The van der Waals surface area contributed by atoms with E-state index in [0.29, 0.717) is 30.5 Å². The number of rotatable bonds is 6. The zero-order chi connectivity index (χ0) is 26.1. The quantitative estimate of drug-likeness (QED) is 0.525. The number of aromatic nitrogens is 5. The van der Waals surface area contributed by atoms with Gasteiger partial charge in [-0.05, 0) is 58.4 Å². The molecular weight excluding hydrogens is 475 g/mol. The van der Waals surface area contributed by atoms with Crippen molar-refractivity contribution in [1.29, 1.82) is 0 Å². The Morgan fingerprint density at radius 3 is 2.68 bits per heavy atom. The SMILES string of the molecule is Cc1ncnc(NC(=O)c2cc(F)c(-n3nc4n(c3=O)CCCC4)cc2OC(C)C2CCCCC2)c1C. The lowest BCUT2D eigenvalue weighted by Gasteiger charge is -2.29. The zero-order valence-electron chi connectivity index (χ0n) is 21.6. The zero-order valence-corrected chi connectivity index (χ0v) is 21.6. The fourth-order valence-electron chi connectivity index (χ4n) is 5.28. The molecule has 0 radical (unpaired) electrons. The second-order valence-electron chi connectivity index (χ2n) is 10.1. The molecule has 1 amide bonds. The highest BCUT2D eigenvalue weighted by Gasteiger charge is 2.27. The highest BCUT2D eigenvalue weighted by atomic mass is 19.1. The summed E-state index contributed by atoms with van der Waals surface area (Å²) in [6, 6.07) is 2.56. The summed E-state index contributed by atoms with van der Waals surface area (Å²) in [6.45, 7) is 6.18. The lowest BCUT2D eigenvalue weighted by atomic mass is 9.86. The maximum atomic E-state index is 15.5. The van der Waals surface area contributed by atoms with E-state index >= 15 is 4.39 Å². The lowest BCUT2D eigenvalue weighted by Crippen LogP contribution is -2.28. The summed E-state index contributed by atoms with van der Waals surface area (Å²) in [6.07, 6.45) is 9.27. The first-order valence-corrected chi connectivity index (χ1v) is 13.1. The van der Waals surface area contributed by atoms with Gasteiger partial charge in [0.2, 0.25) is 0 Å². The normalized spacial score (nSPS) is 16.8. The number of nitrogens with zero attached hydrogens (tertiary/aromatic N) is 5. The second kappa shape index (κ2) is 10.4. The molecule has 0 bridgehead atoms. The highest BCUT2D eigenvalue weighted by molar-refractivity contribution is 6.06. The van der Waals surface area contributed by atoms with Crippen molar-refractivity contribution < 1.29 is 13.9 Å². The molecule has 3 aromatic rings. The molecule has 1 aliphatic carbocycles. The summed E-state index contributed by atoms with van der Waals surface area (Å²) in [7, 11) is 0. The number of fused-ring (bicyclic) bond motifs is 1. The fourth-order valence-corrected chi connectivity index (χ4v) is 5.28. The second-order valence-corrected chi connectivity index (χ2v) is 10.1. The van der Waals surface area contributed by atoms with Crippen LogP contribution in [0.25, 0.3) is 5.69 Å². The van der Waals surface area contributed by atoms with E-state index in [9.17, 15) is 9.59 Å². The van der Waals surface area contributed by atoms with E-state index in [0.717, 1.165) is 60.5 Å². The van der Waals surface area contributed by atoms with Gasteiger partial charge < -0.3 is 10.1 Å². The van der Waals surface area contributed by atoms with E-state index in [2.05, 4.69) is 20.4 Å². The minimum Gasteiger partial charge on any atom is -0.490 e. The third-order valence-electron chi connectivity index (χ3n) is 7.69. The van der Waals surface area contributed by atoms with Crippen LogP contribution in [0.3, 0.4) is 0 Å². The van der Waals surface area contributed by atoms with Crippen LogP contribution in [-0.2, 0) is 13.0 Å². The van der Waals surface area contributed by atoms with Gasteiger partial charge in [0.15, 0.2) is 0 Å². The molecular formula is C27H33FN6O3. The van der Waals surface area contributed by atoms with Crippen LogP contribution in [0.2, 0.25) is 0 Å². The van der Waals surface area contributed by atoms with Gasteiger partial charge in [-0.3, -0.25) is 9.36 Å². The number of hydrogen-bond donors (Lipinski definition) is 1. The number of amides is 1. The molecule has 196 valence electrons. The largest absolute Gasteiger partial charge is 0.490 e. The molecule has 1 N–H and O–H groups in total. The topological polar surface area (TPSA) is 104 Å². The van der Waals surface area contributed by atoms with Crippen molar-refractivity contribution >= 4 is 11.7 Å². The number of hydrogen-bond acceptors (Lipinski definition) is 6. The van der Waals surface area contributed by atoms with Gasteiger partial charge in [-0.1, -0.05) is 19.3 Å². The maximum absolute atomic E-state index is 15.5. The fraction of sp³-hybridized carbons (Fsp3) is 0.519. The minimum absolute atomic E-state index is 0.0247. The molecule has 1 aliphatic heterocycles. The van der Waals surface area contributed by atoms with Crippen molar-refractivity contribution in [2.75, 3.05) is 5.32 Å². The number of ether oxygens (including phenoxy) is 1. The first-order chi connectivity index (χ1) is 17.8. The summed E-state index contributed by atoms with van der Waals surface area (Å²) in [4.78, 5) is 34.7. The Balaban J connectivity index is 1.54. The predicted octanol–water partition coefficient (Wildman–Crippen LogP) is 4.52. The third-order valence-corrected chi connectivity index (χ3v) is 7.69. The summed E-state index contributed by atoms with van der Waals surface area (Å²) in [5.41, 5.74) is 1.09. The van der Waals surface area contributed by atoms with Crippen LogP contribution in [0.15, 0.2) is 23.3 Å². The van der Waals surface area contributed by atoms with Crippen molar-refractivity contribution in [3.05, 3.63) is 57.4 Å². The Morgan fingerprint density at radius 2 is 1.92 bits per heavy atom. The molecule has 2 aromatic heterocycles. The average Bonchev–Trinajstić information content (AvgIpc) is 3.24. The van der Waals surface area contributed by atoms with Gasteiger partial charge in [-0.2, -0.15) is 4.68 Å². The summed E-state index contributed by atoms with van der Waals surface area (Å²) in [5.74, 6) is 0.280. The number of benzene rings is 1. The van der Waals surface area contributed by atoms with Crippen molar-refractivity contribution in [3.63, 3.8) is 0 Å². The molecule has 1 saturated carbocycles. The first kappa shape index (κ1) is 25.1. The standard InChI is InChI=1S/C27H33FN6O3/c1-16-17(2)29-15-30-25(16)31-26(35)20-13-21(28)22(34-27(36)33-12-8-7-11-24(33)32-34)14-23(20)37-18(3)19-9-5-4-6-10-19/h13-15,18-19H,4-12H2,1-3H3,(H,29,30,31,35). The van der Waals surface area contributed by atoms with Crippen LogP contribution in [0.1, 0.15) is 79.3 Å². The van der Waals surface area contributed by atoms with Crippen LogP contribution >= 0.6 is 0 Å². The van der Waals surface area contributed by atoms with E-state index in [1.54, 1.807) is 4.57 Å². The van der Waals surface area contributed by atoms with E-state index in [1.807, 2.05) is 20.8 Å². The van der Waals surface area contributed by atoms with E-state index in [4.69, 9.17) is 4.74 Å². The predicted molar refractivity (Wildman–Crippen MR) is 137 cm³/mol. The summed E-state index contributed by atoms with van der Waals surface area (Å²) >= 11 is 0. The van der Waals surface area contributed by atoms with Gasteiger partial charge in [-0.25, -0.2) is 19.2 Å². The van der Waals surface area contributed by atoms with Gasteiger partial charge >= 0.3 is 5.69 Å². The number of aryl methyl sites for hydroxylation is 2. The molecule has 0 saturated heterocycles. The molecule has 1 atom stereocenters. The van der Waals surface area contributed by atoms with Crippen LogP contribution in [0.5, 0.6) is 5.75 Å². The van der Waals surface area contributed by atoms with Crippen molar-refractivity contribution in [2.45, 2.75) is 84.8 Å². The number of nitrogens with one attached hydrogen (secondary N) is 1. The molecule has 5 rings (SSSR count).